The summed E-state index contributed by atoms with van der Waals surface area (Å²) in [6, 6.07) is 0.139. The summed E-state index contributed by atoms with van der Waals surface area (Å²) in [7, 11) is 0. The fourth-order valence-electron chi connectivity index (χ4n) is 3.54. The summed E-state index contributed by atoms with van der Waals surface area (Å²) in [6.45, 7) is 9.84. The Morgan fingerprint density at radius 1 is 1.20 bits per heavy atom. The van der Waals surface area contributed by atoms with Gasteiger partial charge < -0.3 is 14.5 Å². The van der Waals surface area contributed by atoms with Crippen molar-refractivity contribution in [3.05, 3.63) is 24.3 Å². The number of nitrogens with zero attached hydrogens (tertiary/aromatic N) is 5. The molecule has 0 spiro atoms. The van der Waals surface area contributed by atoms with E-state index < -0.39 is 0 Å². The number of hydrogen-bond acceptors (Lipinski definition) is 6. The molecule has 0 bridgehead atoms. The number of ether oxygens (including phenoxy) is 1. The minimum absolute atomic E-state index is 0.139. The predicted molar refractivity (Wildman–Crippen MR) is 95.2 cm³/mol. The van der Waals surface area contributed by atoms with E-state index in [0.717, 1.165) is 51.3 Å². The Kier molecular flexibility index (Phi) is 6.72. The van der Waals surface area contributed by atoms with E-state index in [-0.39, 0.29) is 11.9 Å². The summed E-state index contributed by atoms with van der Waals surface area (Å²) >= 11 is 0. The maximum absolute atomic E-state index is 12.8. The Hall–Kier alpha value is -1.57. The van der Waals surface area contributed by atoms with Crippen LogP contribution in [0.25, 0.3) is 0 Å². The van der Waals surface area contributed by atoms with Crippen LogP contribution in [0.1, 0.15) is 19.0 Å². The molecule has 3 rings (SSSR count). The Bertz CT molecular complexity index is 534. The number of carbonyl (C=O) groups is 1. The number of hydrogen-bond donors (Lipinski definition) is 0. The van der Waals surface area contributed by atoms with Gasteiger partial charge in [0.15, 0.2) is 0 Å². The van der Waals surface area contributed by atoms with Crippen molar-refractivity contribution in [3.8, 4) is 0 Å². The van der Waals surface area contributed by atoms with Crippen molar-refractivity contribution in [3.63, 3.8) is 0 Å². The molecule has 2 aliphatic rings. The van der Waals surface area contributed by atoms with Crippen molar-refractivity contribution in [1.29, 1.82) is 0 Å². The first-order chi connectivity index (χ1) is 12.3. The molecule has 1 aromatic heterocycles. The summed E-state index contributed by atoms with van der Waals surface area (Å²) in [5.74, 6) is 0.234. The van der Waals surface area contributed by atoms with Gasteiger partial charge in [-0.05, 0) is 19.4 Å². The third kappa shape index (κ3) is 5.20. The first kappa shape index (κ1) is 18.2. The Morgan fingerprint density at radius 2 is 2.00 bits per heavy atom. The second-order valence-corrected chi connectivity index (χ2v) is 6.76. The van der Waals surface area contributed by atoms with E-state index in [2.05, 4.69) is 26.7 Å². The van der Waals surface area contributed by atoms with E-state index in [1.165, 1.54) is 0 Å². The molecule has 0 aromatic carbocycles. The maximum atomic E-state index is 12.8. The lowest BCUT2D eigenvalue weighted by Gasteiger charge is -2.38. The monoisotopic (exact) mass is 347 g/mol. The molecular weight excluding hydrogens is 318 g/mol. The van der Waals surface area contributed by atoms with Crippen LogP contribution in [0.15, 0.2) is 18.6 Å². The van der Waals surface area contributed by atoms with Gasteiger partial charge in [0.05, 0.1) is 31.5 Å². The van der Waals surface area contributed by atoms with Gasteiger partial charge in [-0.3, -0.25) is 19.7 Å². The smallest absolute Gasteiger partial charge is 0.237 e. The summed E-state index contributed by atoms with van der Waals surface area (Å²) in [4.78, 5) is 28.0. The Morgan fingerprint density at radius 3 is 2.72 bits per heavy atom. The van der Waals surface area contributed by atoms with Crippen molar-refractivity contribution < 1.29 is 9.53 Å². The number of morpholine rings is 1. The van der Waals surface area contributed by atoms with Crippen molar-refractivity contribution in [2.45, 2.75) is 25.8 Å². The van der Waals surface area contributed by atoms with E-state index in [4.69, 9.17) is 4.74 Å². The van der Waals surface area contributed by atoms with Crippen molar-refractivity contribution in [1.82, 2.24) is 24.7 Å². The van der Waals surface area contributed by atoms with Gasteiger partial charge >= 0.3 is 0 Å². The van der Waals surface area contributed by atoms with Gasteiger partial charge in [0, 0.05) is 51.3 Å². The zero-order valence-electron chi connectivity index (χ0n) is 15.1. The average Bonchev–Trinajstić information content (AvgIpc) is 2.68. The van der Waals surface area contributed by atoms with Gasteiger partial charge in [0.1, 0.15) is 0 Å². The van der Waals surface area contributed by atoms with E-state index in [1.54, 1.807) is 18.6 Å². The number of likely N-dealkylation sites (N-methyl/N-ethyl adjacent to an activating group) is 1. The lowest BCUT2D eigenvalue weighted by molar-refractivity contribution is -0.141. The molecular formula is C18H29N5O2. The molecule has 25 heavy (non-hydrogen) atoms. The van der Waals surface area contributed by atoms with Gasteiger partial charge in [0.2, 0.25) is 5.91 Å². The standard InChI is InChI=1S/C18H29N5O2/c1-2-21-7-9-22(10-8-21)14-18(24)23-11-12-25-15-17(23)4-3-16-13-19-5-6-20-16/h5-6,13,17H,2-4,7-12,14-15H2,1H3/t17-/m1/s1. The molecule has 2 saturated heterocycles. The van der Waals surface area contributed by atoms with Crippen LogP contribution in [-0.4, -0.2) is 95.6 Å². The SMILES string of the molecule is CCN1CCN(CC(=O)N2CCOC[C@H]2CCc2cnccn2)CC1. The normalized spacial score (nSPS) is 22.9. The zero-order chi connectivity index (χ0) is 17.5. The second-order valence-electron chi connectivity index (χ2n) is 6.76. The summed E-state index contributed by atoms with van der Waals surface area (Å²) in [5.41, 5.74) is 0.969. The van der Waals surface area contributed by atoms with Crippen LogP contribution in [0.5, 0.6) is 0 Å². The van der Waals surface area contributed by atoms with Crippen molar-refractivity contribution in [2.24, 2.45) is 0 Å². The number of piperazine rings is 1. The molecule has 138 valence electrons. The van der Waals surface area contributed by atoms with Gasteiger partial charge in [-0.25, -0.2) is 0 Å². The van der Waals surface area contributed by atoms with Crippen molar-refractivity contribution in [2.75, 3.05) is 59.0 Å². The van der Waals surface area contributed by atoms with Gasteiger partial charge in [0.25, 0.3) is 0 Å². The molecule has 7 heteroatoms. The first-order valence-corrected chi connectivity index (χ1v) is 9.33. The molecule has 1 aromatic rings. The topological polar surface area (TPSA) is 61.8 Å². The van der Waals surface area contributed by atoms with E-state index in [1.807, 2.05) is 4.90 Å². The molecule has 0 radical (unpaired) electrons. The highest BCUT2D eigenvalue weighted by Crippen LogP contribution is 2.14. The predicted octanol–water partition coefficient (Wildman–Crippen LogP) is 0.274. The fraction of sp³-hybridized carbons (Fsp3) is 0.722. The second kappa shape index (κ2) is 9.22. The van der Waals surface area contributed by atoms with Gasteiger partial charge in [-0.1, -0.05) is 6.92 Å². The van der Waals surface area contributed by atoms with Crippen LogP contribution in [0.2, 0.25) is 0 Å². The first-order valence-electron chi connectivity index (χ1n) is 9.33. The molecule has 0 saturated carbocycles. The molecule has 7 nitrogen and oxygen atoms in total. The third-order valence-corrected chi connectivity index (χ3v) is 5.17. The fourth-order valence-corrected chi connectivity index (χ4v) is 3.54. The molecule has 3 heterocycles. The average molecular weight is 347 g/mol. The number of aromatic nitrogens is 2. The highest BCUT2D eigenvalue weighted by Gasteiger charge is 2.29. The van der Waals surface area contributed by atoms with E-state index in [0.29, 0.717) is 26.3 Å². The minimum atomic E-state index is 0.139. The van der Waals surface area contributed by atoms with Crippen LogP contribution in [0, 0.1) is 0 Å². The van der Waals surface area contributed by atoms with E-state index in [9.17, 15) is 4.79 Å². The number of carbonyl (C=O) groups excluding carboxylic acids is 1. The molecule has 1 amide bonds. The van der Waals surface area contributed by atoms with Crippen LogP contribution >= 0.6 is 0 Å². The minimum Gasteiger partial charge on any atom is -0.377 e. The van der Waals surface area contributed by atoms with Gasteiger partial charge in [-0.15, -0.1) is 0 Å². The van der Waals surface area contributed by atoms with Gasteiger partial charge in [-0.2, -0.15) is 0 Å². The molecule has 0 aliphatic carbocycles. The molecule has 0 unspecified atom stereocenters. The zero-order valence-corrected chi connectivity index (χ0v) is 15.1. The summed E-state index contributed by atoms with van der Waals surface area (Å²) in [5, 5.41) is 0. The van der Waals surface area contributed by atoms with Crippen molar-refractivity contribution >= 4 is 5.91 Å². The Balaban J connectivity index is 1.50. The highest BCUT2D eigenvalue weighted by atomic mass is 16.5. The summed E-state index contributed by atoms with van der Waals surface area (Å²) < 4.78 is 5.62. The number of amides is 1. The van der Waals surface area contributed by atoms with Crippen LogP contribution in [0.3, 0.4) is 0 Å². The molecule has 0 N–H and O–H groups in total. The Labute approximate surface area is 150 Å². The van der Waals surface area contributed by atoms with Crippen LogP contribution in [-0.2, 0) is 16.0 Å². The number of rotatable bonds is 6. The molecule has 2 fully saturated rings. The largest absolute Gasteiger partial charge is 0.377 e. The lowest BCUT2D eigenvalue weighted by Crippen LogP contribution is -2.54. The van der Waals surface area contributed by atoms with E-state index >= 15 is 0 Å². The third-order valence-electron chi connectivity index (χ3n) is 5.17. The lowest BCUT2D eigenvalue weighted by atomic mass is 10.1. The highest BCUT2D eigenvalue weighted by molar-refractivity contribution is 5.78. The molecule has 1 atom stereocenters. The maximum Gasteiger partial charge on any atom is 0.237 e. The summed E-state index contributed by atoms with van der Waals surface area (Å²) in [6.07, 6.45) is 6.88. The van der Waals surface area contributed by atoms with Crippen LogP contribution in [0.4, 0.5) is 0 Å². The number of aryl methyl sites for hydroxylation is 1. The van der Waals surface area contributed by atoms with Crippen LogP contribution < -0.4 is 0 Å². The quantitative estimate of drug-likeness (QED) is 0.736. The molecule has 2 aliphatic heterocycles.